The molecule has 1 aromatic carbocycles. The minimum atomic E-state index is -2.76. The van der Waals surface area contributed by atoms with E-state index in [4.69, 9.17) is 5.73 Å². The fraction of sp³-hybridized carbons (Fsp3) is 0.429. The number of hydrogen-bond donors (Lipinski definition) is 1. The number of nitrogens with two attached hydrogens (primary N) is 1. The first-order valence-corrected chi connectivity index (χ1v) is 6.26. The molecule has 0 aliphatic heterocycles. The molecule has 0 aliphatic rings. The van der Waals surface area contributed by atoms with Crippen LogP contribution in [0.1, 0.15) is 31.9 Å². The van der Waals surface area contributed by atoms with E-state index in [1.165, 1.54) is 0 Å². The molecule has 0 spiro atoms. The molecule has 2 N–H and O–H groups in total. The predicted molar refractivity (Wildman–Crippen MR) is 74.3 cm³/mol. The molecule has 0 amide bonds. The zero-order valence-electron chi connectivity index (χ0n) is 12.1. The number of ether oxygens (including phenoxy) is 1. The zero-order valence-corrected chi connectivity index (χ0v) is 12.1. The minimum Gasteiger partial charge on any atom is -0.427 e. The topological polar surface area (TPSA) is 73.9 Å². The summed E-state index contributed by atoms with van der Waals surface area (Å²) in [6.07, 6.45) is -4.09. The van der Waals surface area contributed by atoms with Crippen molar-refractivity contribution >= 4 is 12.0 Å². The summed E-state index contributed by atoms with van der Waals surface area (Å²) in [5.74, 6) is -0.0514. The Kier molecular flexibility index (Phi) is 5.63. The van der Waals surface area contributed by atoms with Crippen LogP contribution in [-0.4, -0.2) is 25.0 Å². The summed E-state index contributed by atoms with van der Waals surface area (Å²) < 4.78 is 27.7. The Morgan fingerprint density at radius 1 is 1.29 bits per heavy atom. The van der Waals surface area contributed by atoms with Gasteiger partial charge in [-0.25, -0.2) is 13.6 Å². The molecule has 0 saturated heterocycles. The number of benzene rings is 1. The SMILES string of the molecule is CC(C)(C)c1ccc(/C(N)=N/OC(=O)OCC(F)F)cc1. The Hall–Kier alpha value is -2.18. The van der Waals surface area contributed by atoms with Crippen LogP contribution in [0.15, 0.2) is 29.4 Å². The first kappa shape index (κ1) is 16.9. The van der Waals surface area contributed by atoms with E-state index >= 15 is 0 Å². The quantitative estimate of drug-likeness (QED) is 0.305. The standard InChI is InChI=1S/C14H18F2N2O3/c1-14(2,3)10-6-4-9(5-7-10)12(17)18-21-13(19)20-8-11(15)16/h4-7,11H,8H2,1-3H3,(H2,17,18). The summed E-state index contributed by atoms with van der Waals surface area (Å²) in [5.41, 5.74) is 7.28. The number of carbonyl (C=O) groups excluding carboxylic acids is 1. The van der Waals surface area contributed by atoms with E-state index in [0.717, 1.165) is 5.56 Å². The number of nitrogens with zero attached hydrogens (tertiary/aromatic N) is 1. The molecule has 21 heavy (non-hydrogen) atoms. The van der Waals surface area contributed by atoms with Gasteiger partial charge in [0.05, 0.1) is 0 Å². The van der Waals surface area contributed by atoms with E-state index in [9.17, 15) is 13.6 Å². The maximum Gasteiger partial charge on any atom is 0.535 e. The second-order valence-corrected chi connectivity index (χ2v) is 5.35. The van der Waals surface area contributed by atoms with Crippen molar-refractivity contribution in [3.63, 3.8) is 0 Å². The van der Waals surface area contributed by atoms with Gasteiger partial charge in [0, 0.05) is 5.56 Å². The van der Waals surface area contributed by atoms with Gasteiger partial charge in [-0.3, -0.25) is 4.84 Å². The fourth-order valence-corrected chi connectivity index (χ4v) is 1.44. The Bertz CT molecular complexity index is 508. The fourth-order valence-electron chi connectivity index (χ4n) is 1.44. The first-order valence-electron chi connectivity index (χ1n) is 6.26. The third-order valence-corrected chi connectivity index (χ3v) is 2.59. The van der Waals surface area contributed by atoms with Crippen molar-refractivity contribution in [2.24, 2.45) is 10.9 Å². The van der Waals surface area contributed by atoms with Gasteiger partial charge >= 0.3 is 6.16 Å². The van der Waals surface area contributed by atoms with Gasteiger partial charge in [0.25, 0.3) is 6.43 Å². The van der Waals surface area contributed by atoms with Crippen LogP contribution in [-0.2, 0) is 15.0 Å². The Morgan fingerprint density at radius 3 is 2.33 bits per heavy atom. The highest BCUT2D eigenvalue weighted by molar-refractivity contribution is 5.97. The molecule has 0 saturated carbocycles. The lowest BCUT2D eigenvalue weighted by Gasteiger charge is -2.18. The molecule has 0 heterocycles. The molecule has 0 radical (unpaired) electrons. The average molecular weight is 300 g/mol. The van der Waals surface area contributed by atoms with E-state index in [0.29, 0.717) is 5.56 Å². The van der Waals surface area contributed by atoms with Crippen LogP contribution in [0, 0.1) is 0 Å². The molecule has 0 bridgehead atoms. The monoisotopic (exact) mass is 300 g/mol. The molecule has 7 heteroatoms. The maximum absolute atomic E-state index is 11.8. The van der Waals surface area contributed by atoms with Crippen molar-refractivity contribution in [2.75, 3.05) is 6.61 Å². The lowest BCUT2D eigenvalue weighted by atomic mass is 9.87. The average Bonchev–Trinajstić information content (AvgIpc) is 2.41. The maximum atomic E-state index is 11.8. The largest absolute Gasteiger partial charge is 0.535 e. The molecule has 0 fully saturated rings. The zero-order chi connectivity index (χ0) is 16.0. The van der Waals surface area contributed by atoms with E-state index in [2.05, 4.69) is 35.5 Å². The van der Waals surface area contributed by atoms with Crippen molar-refractivity contribution < 1.29 is 23.1 Å². The summed E-state index contributed by atoms with van der Waals surface area (Å²) in [5, 5.41) is 3.34. The highest BCUT2D eigenvalue weighted by atomic mass is 19.3. The number of oxime groups is 1. The van der Waals surface area contributed by atoms with Gasteiger partial charge in [0.15, 0.2) is 12.4 Å². The summed E-state index contributed by atoms with van der Waals surface area (Å²) >= 11 is 0. The minimum absolute atomic E-state index is 0.0000124. The number of amidine groups is 1. The van der Waals surface area contributed by atoms with Crippen molar-refractivity contribution in [3.05, 3.63) is 35.4 Å². The molecular weight excluding hydrogens is 282 g/mol. The van der Waals surface area contributed by atoms with Gasteiger partial charge in [-0.15, -0.1) is 0 Å². The van der Waals surface area contributed by atoms with Crippen LogP contribution < -0.4 is 5.73 Å². The third-order valence-electron chi connectivity index (χ3n) is 2.59. The lowest BCUT2D eigenvalue weighted by Crippen LogP contribution is -2.17. The van der Waals surface area contributed by atoms with Crippen molar-refractivity contribution in [1.29, 1.82) is 0 Å². The summed E-state index contributed by atoms with van der Waals surface area (Å²) in [6.45, 7) is 5.17. The smallest absolute Gasteiger partial charge is 0.427 e. The van der Waals surface area contributed by atoms with Crippen molar-refractivity contribution in [2.45, 2.75) is 32.6 Å². The normalized spacial score (nSPS) is 12.4. The van der Waals surface area contributed by atoms with Crippen molar-refractivity contribution in [3.8, 4) is 0 Å². The molecular formula is C14H18F2N2O3. The molecule has 0 aliphatic carbocycles. The number of halogens is 2. The number of rotatable bonds is 4. The van der Waals surface area contributed by atoms with E-state index < -0.39 is 19.2 Å². The molecule has 1 rings (SSSR count). The van der Waals surface area contributed by atoms with Gasteiger partial charge in [-0.1, -0.05) is 50.2 Å². The second-order valence-electron chi connectivity index (χ2n) is 5.35. The Balaban J connectivity index is 2.64. The molecule has 116 valence electrons. The number of hydrogen-bond acceptors (Lipinski definition) is 4. The molecule has 5 nitrogen and oxygen atoms in total. The van der Waals surface area contributed by atoms with Gasteiger partial charge in [0.1, 0.15) is 0 Å². The predicted octanol–water partition coefficient (Wildman–Crippen LogP) is 3.02. The van der Waals surface area contributed by atoms with Crippen LogP contribution in [0.2, 0.25) is 0 Å². The molecule has 0 aromatic heterocycles. The summed E-state index contributed by atoms with van der Waals surface area (Å²) in [7, 11) is 0. The van der Waals surface area contributed by atoms with E-state index in [1.54, 1.807) is 12.1 Å². The Morgan fingerprint density at radius 2 is 1.86 bits per heavy atom. The van der Waals surface area contributed by atoms with Crippen LogP contribution in [0.3, 0.4) is 0 Å². The van der Waals surface area contributed by atoms with Crippen LogP contribution in [0.5, 0.6) is 0 Å². The molecule has 0 unspecified atom stereocenters. The Labute approximate surface area is 121 Å². The summed E-state index contributed by atoms with van der Waals surface area (Å²) in [4.78, 5) is 15.2. The van der Waals surface area contributed by atoms with Crippen LogP contribution >= 0.6 is 0 Å². The number of carbonyl (C=O) groups is 1. The molecule has 0 atom stereocenters. The second kappa shape index (κ2) is 7.01. The summed E-state index contributed by atoms with van der Waals surface area (Å²) in [6, 6.07) is 7.22. The van der Waals surface area contributed by atoms with Gasteiger partial charge in [0.2, 0.25) is 0 Å². The first-order chi connectivity index (χ1) is 9.70. The molecule has 1 aromatic rings. The number of alkyl halides is 2. The van der Waals surface area contributed by atoms with Crippen LogP contribution in [0.25, 0.3) is 0 Å². The lowest BCUT2D eigenvalue weighted by molar-refractivity contribution is 0.00816. The van der Waals surface area contributed by atoms with E-state index in [-0.39, 0.29) is 11.3 Å². The van der Waals surface area contributed by atoms with Crippen LogP contribution in [0.4, 0.5) is 13.6 Å². The van der Waals surface area contributed by atoms with Crippen molar-refractivity contribution in [1.82, 2.24) is 0 Å². The van der Waals surface area contributed by atoms with Gasteiger partial charge < -0.3 is 10.5 Å². The third kappa shape index (κ3) is 5.76. The van der Waals surface area contributed by atoms with E-state index in [1.807, 2.05) is 12.1 Å². The van der Waals surface area contributed by atoms with Gasteiger partial charge in [-0.2, -0.15) is 0 Å². The van der Waals surface area contributed by atoms with Gasteiger partial charge in [-0.05, 0) is 11.0 Å². The highest BCUT2D eigenvalue weighted by Crippen LogP contribution is 2.22. The highest BCUT2D eigenvalue weighted by Gasteiger charge is 2.14.